The minimum atomic E-state index is -0.400. The molecular weight excluding hydrogens is 379 g/mol. The largest absolute Gasteiger partial charge is 0.496 e. The second-order valence-electron chi connectivity index (χ2n) is 6.57. The lowest BCUT2D eigenvalue weighted by Gasteiger charge is -2.43. The van der Waals surface area contributed by atoms with E-state index in [1.807, 2.05) is 12.1 Å². The summed E-state index contributed by atoms with van der Waals surface area (Å²) in [6.07, 6.45) is 0.969. The van der Waals surface area contributed by atoms with Crippen LogP contribution in [0.3, 0.4) is 0 Å². The third kappa shape index (κ3) is 4.74. The van der Waals surface area contributed by atoms with Crippen molar-refractivity contribution in [3.8, 4) is 11.5 Å². The third-order valence-electron chi connectivity index (χ3n) is 5.35. The van der Waals surface area contributed by atoms with Crippen LogP contribution in [0.15, 0.2) is 12.1 Å². The van der Waals surface area contributed by atoms with Crippen LogP contribution in [0.25, 0.3) is 0 Å². The van der Waals surface area contributed by atoms with Crippen molar-refractivity contribution in [2.24, 2.45) is 0 Å². The van der Waals surface area contributed by atoms with Crippen LogP contribution in [-0.2, 0) is 12.8 Å². The SMILES string of the molecule is COc1ccc(OC)c2c1CC(O)C(N1CCN(CCO)CC1)C2.Cl.Cl. The van der Waals surface area contributed by atoms with Crippen LogP contribution in [-0.4, -0.2) is 85.7 Å². The Bertz CT molecular complexity index is 568. The van der Waals surface area contributed by atoms with Gasteiger partial charge in [0.15, 0.2) is 0 Å². The number of β-amino-alcohol motifs (C(OH)–C–C–N with tert-alkyl or cyclic N) is 1. The van der Waals surface area contributed by atoms with E-state index in [-0.39, 0.29) is 37.5 Å². The molecule has 0 bridgehead atoms. The van der Waals surface area contributed by atoms with E-state index in [1.165, 1.54) is 0 Å². The predicted octanol–water partition coefficient (Wildman–Crippen LogP) is 0.985. The molecule has 1 aliphatic carbocycles. The molecule has 0 spiro atoms. The number of methoxy groups -OCH3 is 2. The average Bonchev–Trinajstić information content (AvgIpc) is 2.61. The first-order chi connectivity index (χ1) is 11.7. The van der Waals surface area contributed by atoms with Gasteiger partial charge in [-0.05, 0) is 18.6 Å². The summed E-state index contributed by atoms with van der Waals surface area (Å²) >= 11 is 0. The highest BCUT2D eigenvalue weighted by molar-refractivity contribution is 5.85. The zero-order valence-electron chi connectivity index (χ0n) is 15.4. The summed E-state index contributed by atoms with van der Waals surface area (Å²) in [5, 5.41) is 19.8. The van der Waals surface area contributed by atoms with E-state index in [9.17, 15) is 5.11 Å². The van der Waals surface area contributed by atoms with Gasteiger partial charge in [0.1, 0.15) is 11.5 Å². The number of nitrogens with zero attached hydrogens (tertiary/aromatic N) is 2. The number of fused-ring (bicyclic) bond motifs is 1. The van der Waals surface area contributed by atoms with Crippen molar-refractivity contribution in [1.82, 2.24) is 9.80 Å². The Hall–Kier alpha value is -0.760. The summed E-state index contributed by atoms with van der Waals surface area (Å²) in [6.45, 7) is 4.65. The maximum absolute atomic E-state index is 10.7. The molecule has 6 nitrogen and oxygen atoms in total. The van der Waals surface area contributed by atoms with Gasteiger partial charge in [0.2, 0.25) is 0 Å². The van der Waals surface area contributed by atoms with Crippen LogP contribution in [0.4, 0.5) is 0 Å². The molecule has 2 aliphatic rings. The summed E-state index contributed by atoms with van der Waals surface area (Å²) in [6, 6.07) is 3.97. The van der Waals surface area contributed by atoms with E-state index in [2.05, 4.69) is 9.80 Å². The van der Waals surface area contributed by atoms with Crippen molar-refractivity contribution in [2.45, 2.75) is 25.0 Å². The second-order valence-corrected chi connectivity index (χ2v) is 6.57. The van der Waals surface area contributed by atoms with Crippen molar-refractivity contribution in [1.29, 1.82) is 0 Å². The fourth-order valence-electron chi connectivity index (χ4n) is 4.00. The Morgan fingerprint density at radius 2 is 1.50 bits per heavy atom. The molecule has 1 aliphatic heterocycles. The average molecular weight is 409 g/mol. The Morgan fingerprint density at radius 3 is 2.00 bits per heavy atom. The van der Waals surface area contributed by atoms with Gasteiger partial charge in [-0.3, -0.25) is 9.80 Å². The Morgan fingerprint density at radius 1 is 0.962 bits per heavy atom. The molecule has 0 amide bonds. The molecule has 8 heteroatoms. The molecule has 0 radical (unpaired) electrons. The highest BCUT2D eigenvalue weighted by Gasteiger charge is 2.35. The van der Waals surface area contributed by atoms with E-state index in [0.717, 1.165) is 61.8 Å². The van der Waals surface area contributed by atoms with Gasteiger partial charge in [0.25, 0.3) is 0 Å². The van der Waals surface area contributed by atoms with Gasteiger partial charge in [0.05, 0.1) is 26.9 Å². The maximum Gasteiger partial charge on any atom is 0.122 e. The highest BCUT2D eigenvalue weighted by Crippen LogP contribution is 2.37. The number of aliphatic hydroxyl groups is 2. The number of rotatable bonds is 5. The minimum absolute atomic E-state index is 0. The lowest BCUT2D eigenvalue weighted by Crippen LogP contribution is -2.56. The first-order valence-electron chi connectivity index (χ1n) is 8.66. The maximum atomic E-state index is 10.7. The Balaban J connectivity index is 0.00000169. The molecule has 0 aromatic heterocycles. The van der Waals surface area contributed by atoms with E-state index in [1.54, 1.807) is 14.2 Å². The van der Waals surface area contributed by atoms with Crippen LogP contribution in [0.1, 0.15) is 11.1 Å². The number of hydrogen-bond donors (Lipinski definition) is 2. The number of aliphatic hydroxyl groups excluding tert-OH is 2. The van der Waals surface area contributed by atoms with Gasteiger partial charge in [-0.1, -0.05) is 0 Å². The van der Waals surface area contributed by atoms with Gasteiger partial charge >= 0.3 is 0 Å². The summed E-state index contributed by atoms with van der Waals surface area (Å²) < 4.78 is 11.0. The molecule has 1 aromatic carbocycles. The van der Waals surface area contributed by atoms with Crippen LogP contribution in [0, 0.1) is 0 Å². The number of ether oxygens (including phenoxy) is 2. The number of hydrogen-bond acceptors (Lipinski definition) is 6. The Kier molecular flexibility index (Phi) is 9.44. The van der Waals surface area contributed by atoms with Crippen LogP contribution >= 0.6 is 24.8 Å². The molecule has 1 heterocycles. The van der Waals surface area contributed by atoms with E-state index >= 15 is 0 Å². The van der Waals surface area contributed by atoms with Crippen LogP contribution < -0.4 is 9.47 Å². The zero-order chi connectivity index (χ0) is 17.1. The molecule has 2 unspecified atom stereocenters. The summed E-state index contributed by atoms with van der Waals surface area (Å²) in [4.78, 5) is 4.64. The van der Waals surface area contributed by atoms with Gasteiger partial charge in [-0.25, -0.2) is 0 Å². The summed E-state index contributed by atoms with van der Waals surface area (Å²) in [7, 11) is 3.36. The van der Waals surface area contributed by atoms with Crippen molar-refractivity contribution >= 4 is 24.8 Å². The van der Waals surface area contributed by atoms with E-state index < -0.39 is 6.10 Å². The molecule has 1 fully saturated rings. The van der Waals surface area contributed by atoms with Crippen molar-refractivity contribution in [2.75, 3.05) is 53.6 Å². The lowest BCUT2D eigenvalue weighted by molar-refractivity contribution is 0.0108. The zero-order valence-corrected chi connectivity index (χ0v) is 17.0. The Labute approximate surface area is 167 Å². The molecule has 26 heavy (non-hydrogen) atoms. The van der Waals surface area contributed by atoms with Crippen molar-refractivity contribution in [3.05, 3.63) is 23.3 Å². The second kappa shape index (κ2) is 10.5. The molecule has 1 saturated heterocycles. The monoisotopic (exact) mass is 408 g/mol. The molecule has 2 atom stereocenters. The summed E-state index contributed by atoms with van der Waals surface area (Å²) in [5.74, 6) is 1.71. The van der Waals surface area contributed by atoms with Crippen molar-refractivity contribution in [3.63, 3.8) is 0 Å². The van der Waals surface area contributed by atoms with Crippen molar-refractivity contribution < 1.29 is 19.7 Å². The topological polar surface area (TPSA) is 65.4 Å². The standard InChI is InChI=1S/C18H28N2O4.2ClH/c1-23-17-3-4-18(24-2)14-12-16(22)15(11-13(14)17)20-7-5-19(6-8-20)9-10-21;;/h3-4,15-16,21-22H,5-12H2,1-2H3;2*1H. The molecule has 0 saturated carbocycles. The van der Waals surface area contributed by atoms with Gasteiger partial charge in [0, 0.05) is 56.3 Å². The third-order valence-corrected chi connectivity index (χ3v) is 5.35. The fourth-order valence-corrected chi connectivity index (χ4v) is 4.00. The fraction of sp³-hybridized carbons (Fsp3) is 0.667. The quantitative estimate of drug-likeness (QED) is 0.756. The van der Waals surface area contributed by atoms with Crippen LogP contribution in [0.2, 0.25) is 0 Å². The van der Waals surface area contributed by atoms with Crippen LogP contribution in [0.5, 0.6) is 11.5 Å². The number of benzene rings is 1. The van der Waals surface area contributed by atoms with E-state index in [0.29, 0.717) is 6.42 Å². The molecule has 150 valence electrons. The first-order valence-corrected chi connectivity index (χ1v) is 8.66. The molecule has 1 aromatic rings. The normalized spacial score (nSPS) is 23.4. The number of piperazine rings is 1. The van der Waals surface area contributed by atoms with Gasteiger partial charge in [-0.2, -0.15) is 0 Å². The predicted molar refractivity (Wildman–Crippen MR) is 106 cm³/mol. The summed E-state index contributed by atoms with van der Waals surface area (Å²) in [5.41, 5.74) is 2.23. The first kappa shape index (κ1) is 23.3. The smallest absolute Gasteiger partial charge is 0.122 e. The highest BCUT2D eigenvalue weighted by atomic mass is 35.5. The van der Waals surface area contributed by atoms with E-state index in [4.69, 9.17) is 14.6 Å². The van der Waals surface area contributed by atoms with Gasteiger partial charge in [-0.15, -0.1) is 24.8 Å². The molecule has 3 rings (SSSR count). The minimum Gasteiger partial charge on any atom is -0.496 e. The molecule has 2 N–H and O–H groups in total. The lowest BCUT2D eigenvalue weighted by atomic mass is 9.84. The number of halogens is 2. The molecular formula is C18H30Cl2N2O4. The van der Waals surface area contributed by atoms with Gasteiger partial charge < -0.3 is 19.7 Å².